The Morgan fingerprint density at radius 3 is 2.79 bits per heavy atom. The summed E-state index contributed by atoms with van der Waals surface area (Å²) in [5, 5.41) is 9.90. The van der Waals surface area contributed by atoms with Gasteiger partial charge in [0.25, 0.3) is 6.43 Å². The first-order valence-corrected chi connectivity index (χ1v) is 9.00. The van der Waals surface area contributed by atoms with Crippen LogP contribution in [0.5, 0.6) is 5.75 Å². The third-order valence-electron chi connectivity index (χ3n) is 4.30. The molecular weight excluding hydrogens is 382 g/mol. The monoisotopic (exact) mass is 404 g/mol. The molecule has 1 saturated heterocycles. The van der Waals surface area contributed by atoms with Gasteiger partial charge in [0.2, 0.25) is 5.78 Å². The number of hydrazine groups is 1. The molecule has 154 valence electrons. The number of nitriles is 1. The first-order chi connectivity index (χ1) is 13.9. The van der Waals surface area contributed by atoms with Crippen LogP contribution in [0.4, 0.5) is 14.5 Å². The third kappa shape index (κ3) is 4.82. The molecule has 2 heterocycles. The first kappa shape index (κ1) is 20.6. The molecule has 1 fully saturated rings. The third-order valence-corrected chi connectivity index (χ3v) is 4.30. The fourth-order valence-corrected chi connectivity index (χ4v) is 3.04. The Morgan fingerprint density at radius 1 is 1.38 bits per heavy atom. The van der Waals surface area contributed by atoms with Crippen molar-refractivity contribution in [3.63, 3.8) is 0 Å². The van der Waals surface area contributed by atoms with Gasteiger partial charge in [0.15, 0.2) is 0 Å². The lowest BCUT2D eigenvalue weighted by Crippen LogP contribution is -2.51. The van der Waals surface area contributed by atoms with Crippen molar-refractivity contribution in [3.8, 4) is 11.8 Å². The number of fused-ring (bicyclic) bond motifs is 1. The number of hydrogen-bond acceptors (Lipinski definition) is 7. The number of ether oxygens (including phenoxy) is 1. The second kappa shape index (κ2) is 8.89. The highest BCUT2D eigenvalue weighted by atomic mass is 19.3. The molecule has 0 amide bonds. The molecule has 0 atom stereocenters. The van der Waals surface area contributed by atoms with Gasteiger partial charge >= 0.3 is 0 Å². The van der Waals surface area contributed by atoms with Crippen molar-refractivity contribution in [2.24, 2.45) is 0 Å². The van der Waals surface area contributed by atoms with Crippen molar-refractivity contribution in [1.29, 1.82) is 5.26 Å². The summed E-state index contributed by atoms with van der Waals surface area (Å²) in [6.07, 6.45) is -1.15. The minimum absolute atomic E-state index is 0.0118. The lowest BCUT2D eigenvalue weighted by Gasteiger charge is -2.31. The van der Waals surface area contributed by atoms with Crippen molar-refractivity contribution >= 4 is 22.4 Å². The first-order valence-electron chi connectivity index (χ1n) is 9.00. The van der Waals surface area contributed by atoms with Gasteiger partial charge in [-0.3, -0.25) is 10.2 Å². The number of anilines is 1. The Morgan fingerprint density at radius 2 is 2.17 bits per heavy atom. The molecule has 3 N–H and O–H groups in total. The molecule has 0 radical (unpaired) electrons. The van der Waals surface area contributed by atoms with Gasteiger partial charge in [-0.25, -0.2) is 14.2 Å². The Kier molecular flexibility index (Phi) is 6.31. The molecule has 29 heavy (non-hydrogen) atoms. The van der Waals surface area contributed by atoms with Crippen molar-refractivity contribution in [1.82, 2.24) is 20.7 Å². The summed E-state index contributed by atoms with van der Waals surface area (Å²) < 4.78 is 30.7. The van der Waals surface area contributed by atoms with Gasteiger partial charge in [-0.1, -0.05) is 0 Å². The number of benzene rings is 1. The Labute approximate surface area is 166 Å². The lowest BCUT2D eigenvalue weighted by atomic mass is 10.1. The van der Waals surface area contributed by atoms with Crippen molar-refractivity contribution < 1.29 is 18.3 Å². The minimum atomic E-state index is -2.60. The summed E-state index contributed by atoms with van der Waals surface area (Å²) in [6.45, 7) is 1.06. The van der Waals surface area contributed by atoms with E-state index in [4.69, 9.17) is 4.74 Å². The number of alkyl halides is 2. The number of hydrogen-bond donors (Lipinski definition) is 3. The molecule has 0 bridgehead atoms. The van der Waals surface area contributed by atoms with Gasteiger partial charge in [-0.15, -0.1) is 0 Å². The summed E-state index contributed by atoms with van der Waals surface area (Å²) in [6, 6.07) is 6.89. The predicted octanol–water partition coefficient (Wildman–Crippen LogP) is 1.84. The number of halogens is 2. The van der Waals surface area contributed by atoms with Crippen molar-refractivity contribution in [3.05, 3.63) is 35.7 Å². The number of rotatable bonds is 7. The van der Waals surface area contributed by atoms with Crippen LogP contribution in [0.25, 0.3) is 10.9 Å². The molecule has 0 saturated carbocycles. The second-order valence-electron chi connectivity index (χ2n) is 6.76. The number of aromatic amines is 1. The molecule has 1 aliphatic heterocycles. The van der Waals surface area contributed by atoms with Crippen LogP contribution in [0.2, 0.25) is 0 Å². The number of nitrogens with zero attached hydrogens (tertiary/aromatic N) is 3. The Bertz CT molecular complexity index is 957. The highest BCUT2D eigenvalue weighted by Crippen LogP contribution is 2.34. The van der Waals surface area contributed by atoms with Gasteiger partial charge in [0, 0.05) is 44.3 Å². The normalized spacial score (nSPS) is 14.9. The van der Waals surface area contributed by atoms with Crippen molar-refractivity contribution in [2.45, 2.75) is 6.43 Å². The highest BCUT2D eigenvalue weighted by Gasteiger charge is 2.20. The SMILES string of the molecule is CN(C)/C=C(\C#N)C(=O)c1cc2cc(OCC(F)F)c(N3CCNNC3)cc2[nH]1. The van der Waals surface area contributed by atoms with Gasteiger partial charge in [-0.2, -0.15) is 5.26 Å². The van der Waals surface area contributed by atoms with Gasteiger partial charge in [0.05, 0.1) is 18.1 Å². The molecule has 8 nitrogen and oxygen atoms in total. The van der Waals surface area contributed by atoms with E-state index in [-0.39, 0.29) is 11.3 Å². The van der Waals surface area contributed by atoms with E-state index in [9.17, 15) is 18.8 Å². The van der Waals surface area contributed by atoms with E-state index in [0.29, 0.717) is 42.1 Å². The molecule has 1 aromatic carbocycles. The molecule has 2 aromatic rings. The van der Waals surface area contributed by atoms with E-state index in [1.165, 1.54) is 6.20 Å². The fourth-order valence-electron chi connectivity index (χ4n) is 3.04. The van der Waals surface area contributed by atoms with Crippen LogP contribution in [0.15, 0.2) is 30.0 Å². The van der Waals surface area contributed by atoms with Crippen LogP contribution in [-0.2, 0) is 0 Å². The molecule has 0 aliphatic carbocycles. The number of ketones is 1. The van der Waals surface area contributed by atoms with E-state index < -0.39 is 18.8 Å². The summed E-state index contributed by atoms with van der Waals surface area (Å²) in [5.41, 5.74) is 7.51. The largest absolute Gasteiger partial charge is 0.485 e. The molecular formula is C19H22F2N6O2. The van der Waals surface area contributed by atoms with E-state index in [0.717, 1.165) is 0 Å². The zero-order chi connectivity index (χ0) is 21.0. The maximum Gasteiger partial charge on any atom is 0.272 e. The number of nitrogens with one attached hydrogen (secondary N) is 3. The zero-order valence-electron chi connectivity index (χ0n) is 16.1. The summed E-state index contributed by atoms with van der Waals surface area (Å²) in [4.78, 5) is 19.3. The number of carbonyl (C=O) groups excluding carboxylic acids is 1. The standard InChI is InChI=1S/C19H22F2N6O2/c1-26(2)9-13(8-22)19(28)15-5-12-6-17(29-10-18(20)21)16(7-14(12)25-15)27-4-3-23-24-11-27/h5-7,9,18,23-25H,3-4,10-11H2,1-2H3/b13-9+. The van der Waals surface area contributed by atoms with E-state index in [2.05, 4.69) is 15.8 Å². The topological polar surface area (TPSA) is 96.4 Å². The van der Waals surface area contributed by atoms with Crippen LogP contribution in [0.3, 0.4) is 0 Å². The summed E-state index contributed by atoms with van der Waals surface area (Å²) in [5.74, 6) is -0.137. The maximum absolute atomic E-state index is 12.7. The molecule has 10 heteroatoms. The van der Waals surface area contributed by atoms with Crippen LogP contribution >= 0.6 is 0 Å². The maximum atomic E-state index is 12.7. The van der Waals surface area contributed by atoms with Crippen LogP contribution in [-0.4, -0.2) is 62.6 Å². The van der Waals surface area contributed by atoms with Gasteiger partial charge < -0.3 is 19.5 Å². The van der Waals surface area contributed by atoms with E-state index in [1.807, 2.05) is 11.0 Å². The van der Waals surface area contributed by atoms with Crippen LogP contribution in [0.1, 0.15) is 10.5 Å². The highest BCUT2D eigenvalue weighted by molar-refractivity contribution is 6.12. The summed E-state index contributed by atoms with van der Waals surface area (Å²) >= 11 is 0. The average Bonchev–Trinajstić information content (AvgIpc) is 3.12. The molecule has 1 aliphatic rings. The molecule has 0 unspecified atom stereocenters. The fraction of sp³-hybridized carbons (Fsp3) is 0.368. The van der Waals surface area contributed by atoms with E-state index >= 15 is 0 Å². The van der Waals surface area contributed by atoms with Crippen molar-refractivity contribution in [2.75, 3.05) is 45.4 Å². The molecule has 1 aromatic heterocycles. The van der Waals surface area contributed by atoms with Gasteiger partial charge in [0.1, 0.15) is 24.0 Å². The summed E-state index contributed by atoms with van der Waals surface area (Å²) in [7, 11) is 3.44. The Balaban J connectivity index is 2.01. The predicted molar refractivity (Wildman–Crippen MR) is 105 cm³/mol. The number of aromatic nitrogens is 1. The zero-order valence-corrected chi connectivity index (χ0v) is 16.1. The number of H-pyrrole nitrogens is 1. The lowest BCUT2D eigenvalue weighted by molar-refractivity contribution is 0.0821. The number of carbonyl (C=O) groups is 1. The smallest absolute Gasteiger partial charge is 0.272 e. The minimum Gasteiger partial charge on any atom is -0.485 e. The number of Topliss-reactive ketones (excluding diaryl/α,β-unsaturated/α-hetero) is 1. The average molecular weight is 404 g/mol. The van der Waals surface area contributed by atoms with Crippen LogP contribution < -0.4 is 20.5 Å². The quantitative estimate of drug-likeness (QED) is 0.368. The molecule has 0 spiro atoms. The van der Waals surface area contributed by atoms with Gasteiger partial charge in [-0.05, 0) is 18.2 Å². The van der Waals surface area contributed by atoms with Crippen LogP contribution in [0, 0.1) is 11.3 Å². The Hall–Kier alpha value is -3.16. The molecule has 3 rings (SSSR count). The second-order valence-corrected chi connectivity index (χ2v) is 6.76. The van der Waals surface area contributed by atoms with E-state index in [1.54, 1.807) is 37.2 Å². The number of allylic oxidation sites excluding steroid dienone is 1.